The second kappa shape index (κ2) is 11.1. The number of benzene rings is 2. The van der Waals surface area contributed by atoms with Crippen LogP contribution in [0.4, 0.5) is 5.69 Å². The molecule has 0 bridgehead atoms. The van der Waals surface area contributed by atoms with Gasteiger partial charge in [-0.3, -0.25) is 24.0 Å². The zero-order valence-corrected chi connectivity index (χ0v) is 22.1. The molecule has 1 aliphatic rings. The van der Waals surface area contributed by atoms with Crippen molar-refractivity contribution >= 4 is 51.9 Å². The van der Waals surface area contributed by atoms with Gasteiger partial charge in [0.1, 0.15) is 5.69 Å². The number of amides is 1. The number of hydrogen-bond donors (Lipinski definition) is 1. The molecule has 0 atom stereocenters. The average molecular weight is 540 g/mol. The third kappa shape index (κ3) is 5.32. The monoisotopic (exact) mass is 539 g/mol. The molecule has 2 heterocycles. The van der Waals surface area contributed by atoms with E-state index in [1.54, 1.807) is 42.9 Å². The van der Waals surface area contributed by atoms with Gasteiger partial charge in [0, 0.05) is 7.05 Å². The van der Waals surface area contributed by atoms with E-state index in [0.29, 0.717) is 40.0 Å². The molecule has 3 aromatic rings. The molecule has 0 unspecified atom stereocenters. The number of carboxylic acid groups (broad SMARTS) is 1. The lowest BCUT2D eigenvalue weighted by Gasteiger charge is -2.13. The maximum atomic E-state index is 13.4. The largest absolute Gasteiger partial charge is 0.490 e. The third-order valence-corrected chi connectivity index (χ3v) is 6.98. The van der Waals surface area contributed by atoms with E-state index in [9.17, 15) is 14.4 Å². The number of para-hydroxylation sites is 1. The summed E-state index contributed by atoms with van der Waals surface area (Å²) in [6.45, 7) is 3.98. The molecule has 1 saturated heterocycles. The predicted octanol–water partition coefficient (Wildman–Crippen LogP) is 4.14. The number of carbonyl (C=O) groups excluding carboxylic acids is 1. The van der Waals surface area contributed by atoms with Crippen LogP contribution in [-0.2, 0) is 16.6 Å². The summed E-state index contributed by atoms with van der Waals surface area (Å²) >= 11 is 6.63. The van der Waals surface area contributed by atoms with Crippen molar-refractivity contribution in [3.8, 4) is 17.2 Å². The Bertz CT molecular complexity index is 1460. The summed E-state index contributed by atoms with van der Waals surface area (Å²) in [7, 11) is 1.76. The van der Waals surface area contributed by atoms with Crippen LogP contribution in [0, 0.1) is 6.92 Å². The molecule has 9 nitrogen and oxygen atoms in total. The number of thiocarbonyl (C=S) groups is 1. The van der Waals surface area contributed by atoms with E-state index in [1.807, 2.05) is 37.3 Å². The fraction of sp³-hybridized carbons (Fsp3) is 0.231. The maximum absolute atomic E-state index is 13.4. The van der Waals surface area contributed by atoms with E-state index in [0.717, 1.165) is 11.8 Å². The minimum Gasteiger partial charge on any atom is -0.490 e. The molecular formula is C26H25N3O6S2. The summed E-state index contributed by atoms with van der Waals surface area (Å²) in [5, 5.41) is 8.84. The molecule has 192 valence electrons. The Kier molecular flexibility index (Phi) is 7.84. The predicted molar refractivity (Wildman–Crippen MR) is 147 cm³/mol. The minimum atomic E-state index is -0.958. The van der Waals surface area contributed by atoms with E-state index < -0.39 is 5.97 Å². The van der Waals surface area contributed by atoms with E-state index in [1.165, 1.54) is 9.58 Å². The molecule has 0 saturated carbocycles. The Morgan fingerprint density at radius 3 is 2.51 bits per heavy atom. The molecule has 11 heteroatoms. The van der Waals surface area contributed by atoms with Gasteiger partial charge in [-0.1, -0.05) is 48.2 Å². The first-order valence-electron chi connectivity index (χ1n) is 11.5. The average Bonchev–Trinajstić information content (AvgIpc) is 3.25. The summed E-state index contributed by atoms with van der Waals surface area (Å²) in [5.74, 6) is -0.502. The number of ether oxygens (including phenoxy) is 2. The molecular weight excluding hydrogens is 514 g/mol. The van der Waals surface area contributed by atoms with Gasteiger partial charge in [0.15, 0.2) is 15.8 Å². The molecule has 37 heavy (non-hydrogen) atoms. The van der Waals surface area contributed by atoms with Gasteiger partial charge in [-0.15, -0.1) is 0 Å². The van der Waals surface area contributed by atoms with Crippen molar-refractivity contribution < 1.29 is 24.2 Å². The van der Waals surface area contributed by atoms with E-state index in [4.69, 9.17) is 26.8 Å². The minimum absolute atomic E-state index is 0.00431. The molecule has 0 spiro atoms. The zero-order valence-electron chi connectivity index (χ0n) is 20.5. The van der Waals surface area contributed by atoms with E-state index in [2.05, 4.69) is 0 Å². The van der Waals surface area contributed by atoms with Crippen molar-refractivity contribution in [2.45, 2.75) is 20.3 Å². The smallest absolute Gasteiger partial charge is 0.306 e. The highest BCUT2D eigenvalue weighted by atomic mass is 32.2. The number of aliphatic carboxylic acids is 1. The molecule has 1 fully saturated rings. The molecule has 1 aliphatic heterocycles. The Labute approximate surface area is 222 Å². The fourth-order valence-corrected chi connectivity index (χ4v) is 5.14. The summed E-state index contributed by atoms with van der Waals surface area (Å²) < 4.78 is 14.7. The van der Waals surface area contributed by atoms with Crippen LogP contribution in [0.1, 0.15) is 24.6 Å². The normalized spacial score (nSPS) is 14.5. The van der Waals surface area contributed by atoms with E-state index in [-0.39, 0.29) is 34.5 Å². The van der Waals surface area contributed by atoms with Crippen LogP contribution in [0.15, 0.2) is 58.2 Å². The van der Waals surface area contributed by atoms with Crippen LogP contribution in [-0.4, -0.2) is 43.9 Å². The lowest BCUT2D eigenvalue weighted by Crippen LogP contribution is -2.33. The fourth-order valence-electron chi connectivity index (χ4n) is 3.87. The Balaban J connectivity index is 1.65. The maximum Gasteiger partial charge on any atom is 0.306 e. The first kappa shape index (κ1) is 26.2. The van der Waals surface area contributed by atoms with Gasteiger partial charge >= 0.3 is 5.97 Å². The van der Waals surface area contributed by atoms with Crippen LogP contribution >= 0.6 is 24.0 Å². The topological polar surface area (TPSA) is 103 Å². The van der Waals surface area contributed by atoms with Crippen molar-refractivity contribution in [3.05, 3.63) is 75.0 Å². The lowest BCUT2D eigenvalue weighted by atomic mass is 10.1. The van der Waals surface area contributed by atoms with Crippen molar-refractivity contribution in [1.29, 1.82) is 0 Å². The van der Waals surface area contributed by atoms with Crippen LogP contribution in [0.5, 0.6) is 11.5 Å². The summed E-state index contributed by atoms with van der Waals surface area (Å²) in [4.78, 5) is 39.3. The summed E-state index contributed by atoms with van der Waals surface area (Å²) in [5.41, 5.74) is 1.83. The summed E-state index contributed by atoms with van der Waals surface area (Å²) in [6, 6.07) is 14.3. The molecule has 1 aromatic heterocycles. The molecule has 2 aromatic carbocycles. The van der Waals surface area contributed by atoms with Crippen LogP contribution in [0.3, 0.4) is 0 Å². The van der Waals surface area contributed by atoms with Crippen molar-refractivity contribution in [2.24, 2.45) is 7.05 Å². The molecule has 1 amide bonds. The molecule has 4 rings (SSSR count). The molecule has 1 N–H and O–H groups in total. The quantitative estimate of drug-likeness (QED) is 0.320. The Hall–Kier alpha value is -3.83. The van der Waals surface area contributed by atoms with Crippen molar-refractivity contribution in [3.63, 3.8) is 0 Å². The number of rotatable bonds is 9. The number of anilines is 1. The number of carbonyl (C=O) groups is 2. The highest BCUT2D eigenvalue weighted by Crippen LogP contribution is 2.37. The SMILES string of the molecule is CCOc1cc(/C=C2/SC(=S)N(c3c(C)n(C)n(-c4ccccc4)c3=O)C2=O)ccc1OCCC(=O)O. The second-order valence-corrected chi connectivity index (χ2v) is 9.73. The second-order valence-electron chi connectivity index (χ2n) is 8.06. The lowest BCUT2D eigenvalue weighted by molar-refractivity contribution is -0.137. The van der Waals surface area contributed by atoms with Gasteiger partial charge in [-0.2, -0.15) is 0 Å². The van der Waals surface area contributed by atoms with Crippen LogP contribution < -0.4 is 19.9 Å². The van der Waals surface area contributed by atoms with Crippen LogP contribution in [0.2, 0.25) is 0 Å². The van der Waals surface area contributed by atoms with Gasteiger partial charge in [0.25, 0.3) is 11.5 Å². The standard InChI is InChI=1S/C26H25N3O6S2/c1-4-34-20-14-17(10-11-19(20)35-13-12-22(30)31)15-21-24(32)28(26(36)37-21)23-16(2)27(3)29(25(23)33)18-8-6-5-7-9-18/h5-11,14-15H,4,12-13H2,1-3H3,(H,30,31)/b21-15+. The highest BCUT2D eigenvalue weighted by Gasteiger charge is 2.37. The van der Waals surface area contributed by atoms with Crippen molar-refractivity contribution in [1.82, 2.24) is 9.36 Å². The van der Waals surface area contributed by atoms with Gasteiger partial charge < -0.3 is 14.6 Å². The first-order chi connectivity index (χ1) is 17.7. The third-order valence-electron chi connectivity index (χ3n) is 5.68. The Morgan fingerprint density at radius 1 is 1.11 bits per heavy atom. The zero-order chi connectivity index (χ0) is 26.7. The van der Waals surface area contributed by atoms with Crippen molar-refractivity contribution in [2.75, 3.05) is 18.1 Å². The first-order valence-corrected chi connectivity index (χ1v) is 12.7. The van der Waals surface area contributed by atoms with Gasteiger partial charge in [0.05, 0.1) is 35.9 Å². The summed E-state index contributed by atoms with van der Waals surface area (Å²) in [6.07, 6.45) is 1.54. The Morgan fingerprint density at radius 2 is 1.84 bits per heavy atom. The number of thioether (sulfide) groups is 1. The van der Waals surface area contributed by atoms with Gasteiger partial charge in [-0.25, -0.2) is 4.68 Å². The number of aromatic nitrogens is 2. The molecule has 0 radical (unpaired) electrons. The van der Waals surface area contributed by atoms with Gasteiger partial charge in [-0.05, 0) is 49.8 Å². The van der Waals surface area contributed by atoms with Gasteiger partial charge in [0.2, 0.25) is 0 Å². The highest BCUT2D eigenvalue weighted by molar-refractivity contribution is 8.27. The van der Waals surface area contributed by atoms with Crippen LogP contribution in [0.25, 0.3) is 11.8 Å². The number of carboxylic acids is 1. The number of hydrogen-bond acceptors (Lipinski definition) is 7. The number of nitrogens with zero attached hydrogens (tertiary/aromatic N) is 3. The molecule has 0 aliphatic carbocycles. The van der Waals surface area contributed by atoms with E-state index >= 15 is 0 Å².